The van der Waals surface area contributed by atoms with E-state index in [2.05, 4.69) is 0 Å². The molecule has 146 valence electrons. The second kappa shape index (κ2) is 10.4. The summed E-state index contributed by atoms with van der Waals surface area (Å²) in [5.74, 6) is 1.47. The number of methoxy groups -OCH3 is 3. The van der Waals surface area contributed by atoms with E-state index in [4.69, 9.17) is 18.9 Å². The first-order chi connectivity index (χ1) is 13.1. The van der Waals surface area contributed by atoms with Crippen molar-refractivity contribution >= 4 is 5.97 Å². The van der Waals surface area contributed by atoms with Crippen LogP contribution in [0.1, 0.15) is 18.1 Å². The largest absolute Gasteiger partial charge is 0.493 e. The Morgan fingerprint density at radius 3 is 2.19 bits per heavy atom. The number of nitrogens with zero attached hydrogens (tertiary/aromatic N) is 1. The molecule has 0 radical (unpaired) electrons. The van der Waals surface area contributed by atoms with Gasteiger partial charge in [0.05, 0.1) is 34.5 Å². The average molecular weight is 373 g/mol. The number of hydrogen-bond donors (Lipinski definition) is 0. The molecule has 0 amide bonds. The van der Waals surface area contributed by atoms with Gasteiger partial charge in [0.15, 0.2) is 11.5 Å². The molecule has 0 heterocycles. The Kier molecular flexibility index (Phi) is 7.95. The van der Waals surface area contributed by atoms with E-state index in [1.54, 1.807) is 28.3 Å². The molecule has 0 atom stereocenters. The van der Waals surface area contributed by atoms with Gasteiger partial charge < -0.3 is 18.9 Å². The first-order valence-corrected chi connectivity index (χ1v) is 8.82. The smallest absolute Gasteiger partial charge is 0.320 e. The summed E-state index contributed by atoms with van der Waals surface area (Å²) in [7, 11) is 4.75. The van der Waals surface area contributed by atoms with Crippen LogP contribution in [0.4, 0.5) is 0 Å². The Balaban J connectivity index is 2.29. The maximum Gasteiger partial charge on any atom is 0.320 e. The van der Waals surface area contributed by atoms with Crippen LogP contribution in [-0.2, 0) is 22.6 Å². The van der Waals surface area contributed by atoms with Gasteiger partial charge in [0.1, 0.15) is 0 Å². The zero-order chi connectivity index (χ0) is 19.6. The molecule has 0 aromatic heterocycles. The van der Waals surface area contributed by atoms with Crippen LogP contribution >= 0.6 is 0 Å². The fourth-order valence-corrected chi connectivity index (χ4v) is 2.93. The van der Waals surface area contributed by atoms with Gasteiger partial charge in [0, 0.05) is 18.7 Å². The molecule has 27 heavy (non-hydrogen) atoms. The van der Waals surface area contributed by atoms with Crippen LogP contribution in [0.5, 0.6) is 17.2 Å². The minimum Gasteiger partial charge on any atom is -0.493 e. The predicted molar refractivity (Wildman–Crippen MR) is 103 cm³/mol. The van der Waals surface area contributed by atoms with Crippen LogP contribution in [0.15, 0.2) is 42.5 Å². The van der Waals surface area contributed by atoms with E-state index < -0.39 is 0 Å². The molecule has 0 saturated carbocycles. The summed E-state index contributed by atoms with van der Waals surface area (Å²) in [6.45, 7) is 3.45. The van der Waals surface area contributed by atoms with Gasteiger partial charge in [-0.2, -0.15) is 0 Å². The summed E-state index contributed by atoms with van der Waals surface area (Å²) >= 11 is 0. The van der Waals surface area contributed by atoms with Crippen molar-refractivity contribution in [3.63, 3.8) is 0 Å². The fraction of sp³-hybridized carbons (Fsp3) is 0.381. The minimum atomic E-state index is -0.257. The molecule has 2 rings (SSSR count). The van der Waals surface area contributed by atoms with Crippen LogP contribution in [0.2, 0.25) is 0 Å². The molecule has 0 bridgehead atoms. The summed E-state index contributed by atoms with van der Waals surface area (Å²) in [6, 6.07) is 13.7. The molecule has 0 unspecified atom stereocenters. The number of benzene rings is 2. The predicted octanol–water partition coefficient (Wildman–Crippen LogP) is 3.28. The summed E-state index contributed by atoms with van der Waals surface area (Å²) in [6.07, 6.45) is 0. The highest BCUT2D eigenvalue weighted by Crippen LogP contribution is 2.40. The third-order valence-corrected chi connectivity index (χ3v) is 4.09. The summed E-state index contributed by atoms with van der Waals surface area (Å²) in [5, 5.41) is 0. The lowest BCUT2D eigenvalue weighted by atomic mass is 10.1. The van der Waals surface area contributed by atoms with Crippen LogP contribution in [0.25, 0.3) is 0 Å². The molecule has 2 aromatic rings. The van der Waals surface area contributed by atoms with Gasteiger partial charge in [0.25, 0.3) is 0 Å². The third kappa shape index (κ3) is 5.62. The van der Waals surface area contributed by atoms with Crippen LogP contribution in [0.3, 0.4) is 0 Å². The van der Waals surface area contributed by atoms with Gasteiger partial charge in [-0.1, -0.05) is 36.4 Å². The van der Waals surface area contributed by atoms with Crippen molar-refractivity contribution in [2.45, 2.75) is 20.0 Å². The van der Waals surface area contributed by atoms with Crippen molar-refractivity contribution < 1.29 is 23.7 Å². The highest BCUT2D eigenvalue weighted by Gasteiger charge is 2.20. The Morgan fingerprint density at radius 2 is 1.59 bits per heavy atom. The maximum atomic E-state index is 12.1. The number of carbonyl (C=O) groups excluding carboxylic acids is 1. The normalized spacial score (nSPS) is 10.6. The van der Waals surface area contributed by atoms with Crippen molar-refractivity contribution in [1.82, 2.24) is 4.90 Å². The fourth-order valence-electron chi connectivity index (χ4n) is 2.93. The van der Waals surface area contributed by atoms with E-state index in [0.717, 1.165) is 11.1 Å². The van der Waals surface area contributed by atoms with Gasteiger partial charge in [0.2, 0.25) is 5.75 Å². The zero-order valence-electron chi connectivity index (χ0n) is 16.4. The number of hydrogen-bond acceptors (Lipinski definition) is 6. The quantitative estimate of drug-likeness (QED) is 0.596. The number of esters is 1. The van der Waals surface area contributed by atoms with Gasteiger partial charge in [-0.15, -0.1) is 0 Å². The number of rotatable bonds is 10. The van der Waals surface area contributed by atoms with Crippen molar-refractivity contribution in [3.8, 4) is 17.2 Å². The van der Waals surface area contributed by atoms with E-state index in [1.165, 1.54) is 0 Å². The molecule has 0 saturated heterocycles. The van der Waals surface area contributed by atoms with Crippen molar-refractivity contribution in [3.05, 3.63) is 53.6 Å². The molecule has 0 aliphatic heterocycles. The Bertz CT molecular complexity index is 733. The number of carbonyl (C=O) groups is 1. The Labute approximate surface area is 160 Å². The van der Waals surface area contributed by atoms with Gasteiger partial charge in [-0.3, -0.25) is 9.69 Å². The maximum absolute atomic E-state index is 12.1. The Hall–Kier alpha value is -2.73. The molecule has 6 heteroatoms. The standard InChI is InChI=1S/C21H27NO5/c1-5-27-19(23)15-22(13-16-9-7-6-8-10-16)14-17-11-12-18(24-2)21(26-4)20(17)25-3/h6-12H,5,13-15H2,1-4H3. The first-order valence-electron chi connectivity index (χ1n) is 8.82. The Morgan fingerprint density at radius 1 is 0.889 bits per heavy atom. The van der Waals surface area contributed by atoms with E-state index in [1.807, 2.05) is 47.4 Å². The molecule has 0 N–H and O–H groups in total. The highest BCUT2D eigenvalue weighted by molar-refractivity contribution is 5.71. The van der Waals surface area contributed by atoms with Gasteiger partial charge >= 0.3 is 5.97 Å². The van der Waals surface area contributed by atoms with E-state index in [0.29, 0.717) is 36.9 Å². The lowest BCUT2D eigenvalue weighted by Crippen LogP contribution is -2.30. The van der Waals surface area contributed by atoms with E-state index in [-0.39, 0.29) is 12.5 Å². The first kappa shape index (κ1) is 20.6. The van der Waals surface area contributed by atoms with Gasteiger partial charge in [-0.25, -0.2) is 0 Å². The molecule has 0 aliphatic carbocycles. The number of ether oxygens (including phenoxy) is 4. The van der Waals surface area contributed by atoms with E-state index in [9.17, 15) is 4.79 Å². The molecule has 2 aromatic carbocycles. The van der Waals surface area contributed by atoms with Crippen LogP contribution in [0, 0.1) is 0 Å². The van der Waals surface area contributed by atoms with Crippen molar-refractivity contribution in [2.24, 2.45) is 0 Å². The molecule has 0 spiro atoms. The monoisotopic (exact) mass is 373 g/mol. The van der Waals surface area contributed by atoms with Crippen molar-refractivity contribution in [2.75, 3.05) is 34.5 Å². The topological polar surface area (TPSA) is 57.2 Å². The minimum absolute atomic E-state index is 0.181. The SMILES string of the molecule is CCOC(=O)CN(Cc1ccccc1)Cc1ccc(OC)c(OC)c1OC. The lowest BCUT2D eigenvalue weighted by molar-refractivity contribution is -0.144. The van der Waals surface area contributed by atoms with Crippen LogP contribution < -0.4 is 14.2 Å². The highest BCUT2D eigenvalue weighted by atomic mass is 16.5. The third-order valence-electron chi connectivity index (χ3n) is 4.09. The molecular formula is C21H27NO5. The summed E-state index contributed by atoms with van der Waals surface area (Å²) in [5.41, 5.74) is 2.01. The van der Waals surface area contributed by atoms with Gasteiger partial charge in [-0.05, 0) is 18.6 Å². The molecule has 0 fully saturated rings. The van der Waals surface area contributed by atoms with E-state index >= 15 is 0 Å². The molecular weight excluding hydrogens is 346 g/mol. The summed E-state index contributed by atoms with van der Waals surface area (Å²) < 4.78 is 21.5. The van der Waals surface area contributed by atoms with Crippen molar-refractivity contribution in [1.29, 1.82) is 0 Å². The zero-order valence-corrected chi connectivity index (χ0v) is 16.4. The molecule has 6 nitrogen and oxygen atoms in total. The van der Waals surface area contributed by atoms with Crippen LogP contribution in [-0.4, -0.2) is 45.4 Å². The second-order valence-electron chi connectivity index (χ2n) is 5.93. The second-order valence-corrected chi connectivity index (χ2v) is 5.93. The average Bonchev–Trinajstić information content (AvgIpc) is 2.68. The summed E-state index contributed by atoms with van der Waals surface area (Å²) in [4.78, 5) is 14.1. The lowest BCUT2D eigenvalue weighted by Gasteiger charge is -2.23. The molecule has 0 aliphatic rings.